The highest BCUT2D eigenvalue weighted by molar-refractivity contribution is 7.98. The van der Waals surface area contributed by atoms with Gasteiger partial charge in [0.2, 0.25) is 0 Å². The predicted octanol–water partition coefficient (Wildman–Crippen LogP) is 2.69. The van der Waals surface area contributed by atoms with Gasteiger partial charge < -0.3 is 0 Å². The molecule has 3 aromatic heterocycles. The van der Waals surface area contributed by atoms with Crippen LogP contribution in [0.25, 0.3) is 22.4 Å². The lowest BCUT2D eigenvalue weighted by Gasteiger charge is -2.12. The summed E-state index contributed by atoms with van der Waals surface area (Å²) in [6.07, 6.45) is 3.50. The van der Waals surface area contributed by atoms with Gasteiger partial charge in [-0.05, 0) is 24.6 Å². The molecular formula is C21H19N5O2S. The van der Waals surface area contributed by atoms with E-state index in [9.17, 15) is 9.59 Å². The van der Waals surface area contributed by atoms with Crippen molar-refractivity contribution in [1.82, 2.24) is 24.1 Å². The van der Waals surface area contributed by atoms with Gasteiger partial charge in [-0.1, -0.05) is 29.8 Å². The highest BCUT2D eigenvalue weighted by atomic mass is 32.2. The first-order valence-electron chi connectivity index (χ1n) is 9.02. The number of rotatable bonds is 4. The Kier molecular flexibility index (Phi) is 5.02. The number of nitrogens with zero attached hydrogens (tertiary/aromatic N) is 5. The molecule has 29 heavy (non-hydrogen) atoms. The molecular weight excluding hydrogens is 386 g/mol. The van der Waals surface area contributed by atoms with Crippen LogP contribution in [-0.2, 0) is 19.8 Å². The highest BCUT2D eigenvalue weighted by Crippen LogP contribution is 2.28. The van der Waals surface area contributed by atoms with E-state index in [-0.39, 0.29) is 0 Å². The van der Waals surface area contributed by atoms with E-state index in [0.717, 1.165) is 21.3 Å². The molecule has 0 saturated heterocycles. The minimum atomic E-state index is -0.417. The maximum absolute atomic E-state index is 12.9. The molecule has 0 aliphatic heterocycles. The lowest BCUT2D eigenvalue weighted by atomic mass is 10.1. The van der Waals surface area contributed by atoms with Crippen LogP contribution in [0, 0.1) is 6.92 Å². The van der Waals surface area contributed by atoms with Crippen molar-refractivity contribution in [3.8, 4) is 11.4 Å². The van der Waals surface area contributed by atoms with Gasteiger partial charge in [0.1, 0.15) is 10.4 Å². The van der Waals surface area contributed by atoms with Gasteiger partial charge in [0.15, 0.2) is 11.5 Å². The second-order valence-corrected chi connectivity index (χ2v) is 7.74. The third-order valence-corrected chi connectivity index (χ3v) is 5.69. The molecule has 0 aliphatic rings. The molecule has 0 aliphatic carbocycles. The number of fused-ring (bicyclic) bond motifs is 1. The number of thioether (sulfide) groups is 1. The van der Waals surface area contributed by atoms with Crippen LogP contribution in [-0.4, -0.2) is 24.1 Å². The van der Waals surface area contributed by atoms with E-state index < -0.39 is 11.2 Å². The molecule has 0 atom stereocenters. The second-order valence-electron chi connectivity index (χ2n) is 6.78. The van der Waals surface area contributed by atoms with Crippen molar-refractivity contribution in [3.63, 3.8) is 0 Å². The topological polar surface area (TPSA) is 82.7 Å². The Labute approximate surface area is 171 Å². The van der Waals surface area contributed by atoms with Crippen LogP contribution in [0.5, 0.6) is 0 Å². The number of benzene rings is 1. The minimum absolute atomic E-state index is 0.332. The second kappa shape index (κ2) is 7.63. The molecule has 0 spiro atoms. The fourth-order valence-electron chi connectivity index (χ4n) is 3.08. The molecule has 0 bridgehead atoms. The quantitative estimate of drug-likeness (QED) is 0.383. The van der Waals surface area contributed by atoms with E-state index in [1.165, 1.54) is 23.4 Å². The average Bonchev–Trinajstić information content (AvgIpc) is 2.74. The van der Waals surface area contributed by atoms with E-state index in [1.807, 2.05) is 43.3 Å². The Balaban J connectivity index is 1.95. The normalized spacial score (nSPS) is 11.1. The van der Waals surface area contributed by atoms with Crippen molar-refractivity contribution in [2.75, 3.05) is 0 Å². The monoisotopic (exact) mass is 405 g/mol. The van der Waals surface area contributed by atoms with Crippen LogP contribution in [0.1, 0.15) is 11.1 Å². The average molecular weight is 405 g/mol. The van der Waals surface area contributed by atoms with Crippen molar-refractivity contribution in [2.24, 2.45) is 14.1 Å². The number of aromatic nitrogens is 5. The summed E-state index contributed by atoms with van der Waals surface area (Å²) in [5, 5.41) is 0.895. The smallest absolute Gasteiger partial charge is 0.280 e. The van der Waals surface area contributed by atoms with E-state index in [1.54, 1.807) is 19.4 Å². The third-order valence-electron chi connectivity index (χ3n) is 4.64. The van der Waals surface area contributed by atoms with Crippen molar-refractivity contribution >= 4 is 22.8 Å². The lowest BCUT2D eigenvalue weighted by molar-refractivity contribution is 0.703. The Morgan fingerprint density at radius 3 is 2.59 bits per heavy atom. The number of hydrogen-bond acceptors (Lipinski definition) is 6. The number of hydrogen-bond donors (Lipinski definition) is 0. The summed E-state index contributed by atoms with van der Waals surface area (Å²) in [7, 11) is 3.08. The molecule has 8 heteroatoms. The molecule has 0 amide bonds. The summed E-state index contributed by atoms with van der Waals surface area (Å²) in [6, 6.07) is 11.7. The Morgan fingerprint density at radius 1 is 1.03 bits per heavy atom. The van der Waals surface area contributed by atoms with E-state index in [4.69, 9.17) is 4.98 Å². The third kappa shape index (κ3) is 3.58. The molecule has 0 unspecified atom stereocenters. The Morgan fingerprint density at radius 2 is 1.86 bits per heavy atom. The van der Waals surface area contributed by atoms with Gasteiger partial charge in [0.05, 0.1) is 0 Å². The molecule has 0 radical (unpaired) electrons. The standard InChI is InChI=1S/C21H19N5O2S/c1-13-6-4-8-15(10-13)17-23-18-16(20(27)26(3)21(28)25(18)2)19(24-17)29-12-14-7-5-9-22-11-14/h4-11H,12H2,1-3H3. The SMILES string of the molecule is Cc1cccc(-c2nc(SCc3cccnc3)c3c(=O)n(C)c(=O)n(C)c3n2)c1. The summed E-state index contributed by atoms with van der Waals surface area (Å²) in [4.78, 5) is 38.7. The van der Waals surface area contributed by atoms with E-state index in [2.05, 4.69) is 9.97 Å². The van der Waals surface area contributed by atoms with E-state index in [0.29, 0.717) is 27.6 Å². The van der Waals surface area contributed by atoms with Crippen LogP contribution >= 0.6 is 11.8 Å². The molecule has 4 rings (SSSR count). The van der Waals surface area contributed by atoms with Gasteiger partial charge in [-0.15, -0.1) is 11.8 Å². The molecule has 0 N–H and O–H groups in total. The minimum Gasteiger partial charge on any atom is -0.280 e. The fourth-order valence-corrected chi connectivity index (χ4v) is 4.03. The van der Waals surface area contributed by atoms with Crippen molar-refractivity contribution in [1.29, 1.82) is 0 Å². The van der Waals surface area contributed by atoms with Crippen LogP contribution in [0.4, 0.5) is 0 Å². The van der Waals surface area contributed by atoms with Gasteiger partial charge >= 0.3 is 5.69 Å². The summed E-state index contributed by atoms with van der Waals surface area (Å²) in [6.45, 7) is 1.99. The largest absolute Gasteiger partial charge is 0.332 e. The highest BCUT2D eigenvalue weighted by Gasteiger charge is 2.18. The molecule has 146 valence electrons. The van der Waals surface area contributed by atoms with Gasteiger partial charge in [0.25, 0.3) is 5.56 Å². The molecule has 1 aromatic carbocycles. The zero-order chi connectivity index (χ0) is 20.5. The zero-order valence-corrected chi connectivity index (χ0v) is 17.1. The van der Waals surface area contributed by atoms with Gasteiger partial charge in [-0.25, -0.2) is 14.8 Å². The molecule has 0 saturated carbocycles. The lowest BCUT2D eigenvalue weighted by Crippen LogP contribution is -2.37. The summed E-state index contributed by atoms with van der Waals surface area (Å²) >= 11 is 1.43. The first-order valence-corrected chi connectivity index (χ1v) is 10.0. The maximum Gasteiger partial charge on any atom is 0.332 e. The van der Waals surface area contributed by atoms with Gasteiger partial charge in [-0.2, -0.15) is 0 Å². The number of aryl methyl sites for hydroxylation is 2. The first kappa shape index (κ1) is 19.1. The van der Waals surface area contributed by atoms with Crippen LogP contribution < -0.4 is 11.2 Å². The first-order chi connectivity index (χ1) is 14.0. The maximum atomic E-state index is 12.9. The fraction of sp³-hybridized carbons (Fsp3) is 0.190. The zero-order valence-electron chi connectivity index (χ0n) is 16.3. The Bertz CT molecular complexity index is 1330. The summed E-state index contributed by atoms with van der Waals surface area (Å²) in [5.41, 5.74) is 2.45. The number of pyridine rings is 1. The Hall–Kier alpha value is -3.26. The summed E-state index contributed by atoms with van der Waals surface area (Å²) < 4.78 is 2.48. The van der Waals surface area contributed by atoms with Gasteiger partial charge in [-0.3, -0.25) is 18.9 Å². The molecule has 4 aromatic rings. The van der Waals surface area contributed by atoms with Gasteiger partial charge in [0, 0.05) is 37.8 Å². The molecule has 0 fully saturated rings. The van der Waals surface area contributed by atoms with Crippen molar-refractivity contribution < 1.29 is 0 Å². The summed E-state index contributed by atoms with van der Waals surface area (Å²) in [5.74, 6) is 1.08. The van der Waals surface area contributed by atoms with Crippen LogP contribution in [0.2, 0.25) is 0 Å². The molecule has 3 heterocycles. The van der Waals surface area contributed by atoms with E-state index >= 15 is 0 Å². The van der Waals surface area contributed by atoms with Crippen LogP contribution in [0.15, 0.2) is 63.4 Å². The van der Waals surface area contributed by atoms with Crippen molar-refractivity contribution in [2.45, 2.75) is 17.7 Å². The van der Waals surface area contributed by atoms with Crippen LogP contribution in [0.3, 0.4) is 0 Å². The van der Waals surface area contributed by atoms with Crippen molar-refractivity contribution in [3.05, 3.63) is 80.8 Å². The molecule has 7 nitrogen and oxygen atoms in total. The predicted molar refractivity (Wildman–Crippen MR) is 114 cm³/mol.